The maximum absolute atomic E-state index is 11.8. The van der Waals surface area contributed by atoms with E-state index in [0.29, 0.717) is 24.3 Å². The van der Waals surface area contributed by atoms with Crippen molar-refractivity contribution >= 4 is 29.3 Å². The standard InChI is InChI=1S/C19H20N8O2/c1-2-15(28)27-8-4-7-14(11-27)23-19-24-18(16(17(21)29)25-26-19)22-13-6-3-5-12(9-13)10-20/h2-3,5-6,9,14H,1,4,7-8,11H2,(H2,21,29)(H2,22,23,24,26). The highest BCUT2D eigenvalue weighted by Gasteiger charge is 2.23. The zero-order chi connectivity index (χ0) is 20.8. The van der Waals surface area contributed by atoms with Crippen molar-refractivity contribution in [3.05, 3.63) is 48.2 Å². The molecule has 2 heterocycles. The van der Waals surface area contributed by atoms with E-state index in [1.165, 1.54) is 6.08 Å². The van der Waals surface area contributed by atoms with Crippen molar-refractivity contribution in [2.24, 2.45) is 5.73 Å². The van der Waals surface area contributed by atoms with Gasteiger partial charge in [-0.15, -0.1) is 10.2 Å². The normalized spacial score (nSPS) is 15.8. The summed E-state index contributed by atoms with van der Waals surface area (Å²) in [7, 11) is 0. The third-order valence-electron chi connectivity index (χ3n) is 4.42. The van der Waals surface area contributed by atoms with E-state index < -0.39 is 5.91 Å². The largest absolute Gasteiger partial charge is 0.364 e. The molecular weight excluding hydrogens is 372 g/mol. The van der Waals surface area contributed by atoms with Gasteiger partial charge < -0.3 is 21.3 Å². The number of hydrogen-bond donors (Lipinski definition) is 3. The van der Waals surface area contributed by atoms with Gasteiger partial charge in [0.1, 0.15) is 0 Å². The maximum atomic E-state index is 11.8. The fourth-order valence-corrected chi connectivity index (χ4v) is 3.05. The van der Waals surface area contributed by atoms with Gasteiger partial charge in [-0.25, -0.2) is 0 Å². The molecule has 1 saturated heterocycles. The van der Waals surface area contributed by atoms with Crippen molar-refractivity contribution in [2.75, 3.05) is 23.7 Å². The summed E-state index contributed by atoms with van der Waals surface area (Å²) < 4.78 is 0. The number of likely N-dealkylation sites (tertiary alicyclic amines) is 1. The molecule has 0 aliphatic carbocycles. The number of piperidine rings is 1. The molecule has 1 fully saturated rings. The van der Waals surface area contributed by atoms with Gasteiger partial charge in [-0.3, -0.25) is 9.59 Å². The molecule has 1 atom stereocenters. The second-order valence-electron chi connectivity index (χ2n) is 6.49. The molecular formula is C19H20N8O2. The van der Waals surface area contributed by atoms with Gasteiger partial charge in [0.05, 0.1) is 11.6 Å². The summed E-state index contributed by atoms with van der Waals surface area (Å²) in [5.41, 5.74) is 6.26. The van der Waals surface area contributed by atoms with Crippen LogP contribution >= 0.6 is 0 Å². The molecule has 10 nitrogen and oxygen atoms in total. The van der Waals surface area contributed by atoms with Crippen molar-refractivity contribution < 1.29 is 9.59 Å². The molecule has 1 aliphatic heterocycles. The monoisotopic (exact) mass is 392 g/mol. The molecule has 1 aliphatic rings. The Morgan fingerprint density at radius 3 is 2.93 bits per heavy atom. The van der Waals surface area contributed by atoms with Crippen LogP contribution in [-0.4, -0.2) is 51.0 Å². The number of primary amides is 1. The minimum Gasteiger partial charge on any atom is -0.364 e. The van der Waals surface area contributed by atoms with E-state index in [9.17, 15) is 9.59 Å². The molecule has 1 unspecified atom stereocenters. The van der Waals surface area contributed by atoms with Crippen LogP contribution < -0.4 is 16.4 Å². The van der Waals surface area contributed by atoms with Crippen LogP contribution in [0.3, 0.4) is 0 Å². The molecule has 0 radical (unpaired) electrons. The minimum atomic E-state index is -0.782. The molecule has 148 valence electrons. The van der Waals surface area contributed by atoms with E-state index in [-0.39, 0.29) is 29.4 Å². The lowest BCUT2D eigenvalue weighted by atomic mass is 10.1. The van der Waals surface area contributed by atoms with Crippen molar-refractivity contribution in [1.29, 1.82) is 5.26 Å². The summed E-state index contributed by atoms with van der Waals surface area (Å²) in [5, 5.41) is 23.0. The Bertz CT molecular complexity index is 984. The fraction of sp³-hybridized carbons (Fsp3) is 0.263. The number of nitrogens with two attached hydrogens (primary N) is 1. The lowest BCUT2D eigenvalue weighted by Gasteiger charge is -2.32. The highest BCUT2D eigenvalue weighted by Crippen LogP contribution is 2.20. The van der Waals surface area contributed by atoms with Gasteiger partial charge in [0.25, 0.3) is 5.91 Å². The summed E-state index contributed by atoms with van der Waals surface area (Å²) in [5.74, 6) is -0.581. The van der Waals surface area contributed by atoms with Crippen molar-refractivity contribution in [3.8, 4) is 6.07 Å². The van der Waals surface area contributed by atoms with Crippen LogP contribution in [0.25, 0.3) is 0 Å². The molecule has 4 N–H and O–H groups in total. The van der Waals surface area contributed by atoms with Crippen LogP contribution in [0.15, 0.2) is 36.9 Å². The van der Waals surface area contributed by atoms with Crippen molar-refractivity contribution in [1.82, 2.24) is 20.1 Å². The fourth-order valence-electron chi connectivity index (χ4n) is 3.05. The minimum absolute atomic E-state index is 0.0661. The molecule has 2 amide bonds. The zero-order valence-corrected chi connectivity index (χ0v) is 15.6. The van der Waals surface area contributed by atoms with Gasteiger partial charge in [-0.2, -0.15) is 10.2 Å². The molecule has 10 heteroatoms. The van der Waals surface area contributed by atoms with E-state index in [0.717, 1.165) is 12.8 Å². The van der Waals surface area contributed by atoms with E-state index in [2.05, 4.69) is 32.4 Å². The SMILES string of the molecule is C=CC(=O)N1CCCC(Nc2nnc(C(N)=O)c(Nc3cccc(C#N)c3)n2)C1. The van der Waals surface area contributed by atoms with Gasteiger partial charge in [0.15, 0.2) is 11.5 Å². The van der Waals surface area contributed by atoms with Gasteiger partial charge >= 0.3 is 0 Å². The van der Waals surface area contributed by atoms with Crippen LogP contribution in [0.5, 0.6) is 0 Å². The third-order valence-corrected chi connectivity index (χ3v) is 4.42. The molecule has 1 aromatic heterocycles. The first-order chi connectivity index (χ1) is 14.0. The molecule has 0 spiro atoms. The quantitative estimate of drug-likeness (QED) is 0.620. The molecule has 1 aromatic carbocycles. The number of aromatic nitrogens is 3. The Morgan fingerprint density at radius 1 is 1.38 bits per heavy atom. The predicted octanol–water partition coefficient (Wildman–Crippen LogP) is 1.17. The van der Waals surface area contributed by atoms with Gasteiger partial charge in [-0.1, -0.05) is 12.6 Å². The first kappa shape index (κ1) is 19.8. The highest BCUT2D eigenvalue weighted by molar-refractivity contribution is 5.96. The van der Waals surface area contributed by atoms with E-state index in [4.69, 9.17) is 11.0 Å². The highest BCUT2D eigenvalue weighted by atomic mass is 16.2. The number of benzene rings is 1. The number of nitrogens with one attached hydrogen (secondary N) is 2. The first-order valence-corrected chi connectivity index (χ1v) is 8.99. The Morgan fingerprint density at radius 2 is 2.21 bits per heavy atom. The number of amides is 2. The molecule has 2 aromatic rings. The van der Waals surface area contributed by atoms with Gasteiger partial charge in [-0.05, 0) is 37.1 Å². The molecule has 29 heavy (non-hydrogen) atoms. The number of rotatable bonds is 6. The molecule has 3 rings (SSSR count). The maximum Gasteiger partial charge on any atom is 0.273 e. The summed E-state index contributed by atoms with van der Waals surface area (Å²) in [6.45, 7) is 4.67. The van der Waals surface area contributed by atoms with E-state index in [1.54, 1.807) is 29.2 Å². The van der Waals surface area contributed by atoms with Crippen LogP contribution in [0.2, 0.25) is 0 Å². The number of nitrogens with zero attached hydrogens (tertiary/aromatic N) is 5. The second kappa shape index (κ2) is 8.79. The van der Waals surface area contributed by atoms with Gasteiger partial charge in [0.2, 0.25) is 11.9 Å². The van der Waals surface area contributed by atoms with Crippen molar-refractivity contribution in [3.63, 3.8) is 0 Å². The number of hydrogen-bond acceptors (Lipinski definition) is 8. The zero-order valence-electron chi connectivity index (χ0n) is 15.6. The number of nitriles is 1. The van der Waals surface area contributed by atoms with Gasteiger partial charge in [0, 0.05) is 24.8 Å². The summed E-state index contributed by atoms with van der Waals surface area (Å²) in [6, 6.07) is 8.67. The van der Waals surface area contributed by atoms with E-state index in [1.807, 2.05) is 6.07 Å². The van der Waals surface area contributed by atoms with Crippen LogP contribution in [-0.2, 0) is 4.79 Å². The number of carbonyl (C=O) groups excluding carboxylic acids is 2. The average Bonchev–Trinajstić information content (AvgIpc) is 2.73. The van der Waals surface area contributed by atoms with Crippen LogP contribution in [0.1, 0.15) is 28.9 Å². The summed E-state index contributed by atoms with van der Waals surface area (Å²) in [4.78, 5) is 29.6. The Labute approximate surface area is 167 Å². The summed E-state index contributed by atoms with van der Waals surface area (Å²) in [6.07, 6.45) is 2.95. The van der Waals surface area contributed by atoms with Crippen molar-refractivity contribution in [2.45, 2.75) is 18.9 Å². The Hall–Kier alpha value is -4.00. The summed E-state index contributed by atoms with van der Waals surface area (Å²) >= 11 is 0. The topological polar surface area (TPSA) is 150 Å². The first-order valence-electron chi connectivity index (χ1n) is 8.99. The van der Waals surface area contributed by atoms with E-state index >= 15 is 0 Å². The Kier molecular flexibility index (Phi) is 5.99. The average molecular weight is 392 g/mol. The predicted molar refractivity (Wildman–Crippen MR) is 106 cm³/mol. The smallest absolute Gasteiger partial charge is 0.273 e. The molecule has 0 saturated carbocycles. The second-order valence-corrected chi connectivity index (χ2v) is 6.49. The number of anilines is 3. The number of carbonyl (C=O) groups is 2. The van der Waals surface area contributed by atoms with Crippen LogP contribution in [0, 0.1) is 11.3 Å². The molecule has 0 bridgehead atoms. The Balaban J connectivity index is 1.81. The van der Waals surface area contributed by atoms with Crippen LogP contribution in [0.4, 0.5) is 17.5 Å². The lowest BCUT2D eigenvalue weighted by molar-refractivity contribution is -0.127. The lowest BCUT2D eigenvalue weighted by Crippen LogP contribution is -2.44. The third kappa shape index (κ3) is 4.84.